The van der Waals surface area contributed by atoms with Gasteiger partial charge in [-0.25, -0.2) is 4.79 Å². The fraction of sp³-hybridized carbons (Fsp3) is 0.708. The Hall–Kier alpha value is -3.95. The highest BCUT2D eigenvalue weighted by Gasteiger charge is 2.53. The van der Waals surface area contributed by atoms with Crippen molar-refractivity contribution in [3.8, 4) is 0 Å². The lowest BCUT2D eigenvalue weighted by molar-refractivity contribution is -0.257. The van der Waals surface area contributed by atoms with Crippen molar-refractivity contribution in [1.82, 2.24) is 10.6 Å². The molecular weight excluding hydrogens is 540 g/mol. The molecule has 0 spiro atoms. The number of hydrogen-bond donors (Lipinski definition) is 2. The maximum absolute atomic E-state index is 13.2. The van der Waals surface area contributed by atoms with Crippen LogP contribution < -0.4 is 10.6 Å². The summed E-state index contributed by atoms with van der Waals surface area (Å²) >= 11 is 0. The summed E-state index contributed by atoms with van der Waals surface area (Å²) in [6, 6.07) is 0. The first-order valence-corrected chi connectivity index (χ1v) is 12.1. The Morgan fingerprint density at radius 2 is 1.27 bits per heavy atom. The van der Waals surface area contributed by atoms with E-state index < -0.39 is 97.3 Å². The zero-order valence-corrected chi connectivity index (χ0v) is 23.6. The van der Waals surface area contributed by atoms with Crippen LogP contribution in [0, 0.1) is 0 Å². The van der Waals surface area contributed by atoms with Gasteiger partial charge in [-0.05, 0) is 20.8 Å². The van der Waals surface area contributed by atoms with Crippen molar-refractivity contribution in [3.63, 3.8) is 0 Å². The quantitative estimate of drug-likeness (QED) is 0.252. The van der Waals surface area contributed by atoms with Gasteiger partial charge in [-0.2, -0.15) is 0 Å². The number of rotatable bonds is 10. The standard InChI is InChI=1S/C24H36N2O14/c1-11(27)34-10-17-18(36-13(3)29)19(37-14(4)30)20(38-15(5)31)22(39-17)26-21(32)16(35-12(2)28)9-25-23(33)40-24(6,7)8/h16-20,22H,9-10H2,1-8H3,(H,25,33)(H,26,32)/t16-,17+,18+,19-,20+,22+/m0/s1. The molecule has 226 valence electrons. The average molecular weight is 577 g/mol. The maximum Gasteiger partial charge on any atom is 0.407 e. The Morgan fingerprint density at radius 3 is 1.75 bits per heavy atom. The fourth-order valence-corrected chi connectivity index (χ4v) is 3.46. The molecule has 0 aromatic rings. The third-order valence-corrected chi connectivity index (χ3v) is 4.71. The van der Waals surface area contributed by atoms with Gasteiger partial charge in [0.15, 0.2) is 30.6 Å². The molecule has 16 heteroatoms. The second-order valence-electron chi connectivity index (χ2n) is 9.61. The van der Waals surface area contributed by atoms with Gasteiger partial charge in [0.1, 0.15) is 18.3 Å². The molecule has 16 nitrogen and oxygen atoms in total. The number of carbonyl (C=O) groups is 7. The van der Waals surface area contributed by atoms with Crippen molar-refractivity contribution in [2.45, 2.75) is 97.7 Å². The summed E-state index contributed by atoms with van der Waals surface area (Å²) in [7, 11) is 0. The van der Waals surface area contributed by atoms with E-state index in [9.17, 15) is 33.6 Å². The number of carbonyl (C=O) groups excluding carboxylic acids is 7. The Morgan fingerprint density at radius 1 is 0.750 bits per heavy atom. The van der Waals surface area contributed by atoms with Gasteiger partial charge in [-0.15, -0.1) is 0 Å². The number of alkyl carbamates (subject to hydrolysis) is 1. The molecule has 1 aliphatic heterocycles. The van der Waals surface area contributed by atoms with Gasteiger partial charge < -0.3 is 43.8 Å². The second-order valence-corrected chi connectivity index (χ2v) is 9.61. The van der Waals surface area contributed by atoms with Crippen LogP contribution in [0.1, 0.15) is 55.4 Å². The van der Waals surface area contributed by atoms with Gasteiger partial charge in [0.05, 0.1) is 6.54 Å². The second kappa shape index (κ2) is 15.0. The minimum atomic E-state index is -1.61. The number of amides is 2. The van der Waals surface area contributed by atoms with Gasteiger partial charge in [-0.3, -0.25) is 28.8 Å². The zero-order chi connectivity index (χ0) is 30.8. The monoisotopic (exact) mass is 576 g/mol. The van der Waals surface area contributed by atoms with Crippen molar-refractivity contribution in [3.05, 3.63) is 0 Å². The van der Waals surface area contributed by atoms with E-state index in [0.717, 1.165) is 34.6 Å². The summed E-state index contributed by atoms with van der Waals surface area (Å²) in [5.41, 5.74) is -0.850. The lowest BCUT2D eigenvalue weighted by atomic mass is 9.97. The van der Waals surface area contributed by atoms with Gasteiger partial charge in [0.25, 0.3) is 5.91 Å². The van der Waals surface area contributed by atoms with E-state index in [0.29, 0.717) is 0 Å². The van der Waals surface area contributed by atoms with Crippen molar-refractivity contribution < 1.29 is 66.7 Å². The Balaban J connectivity index is 3.35. The zero-order valence-electron chi connectivity index (χ0n) is 23.6. The molecule has 0 aromatic carbocycles. The molecule has 1 rings (SSSR count). The molecule has 1 fully saturated rings. The van der Waals surface area contributed by atoms with E-state index >= 15 is 0 Å². The summed E-state index contributed by atoms with van der Waals surface area (Å²) in [4.78, 5) is 84.0. The van der Waals surface area contributed by atoms with Crippen molar-refractivity contribution in [2.75, 3.05) is 13.2 Å². The first-order valence-electron chi connectivity index (χ1n) is 12.1. The Bertz CT molecular complexity index is 975. The predicted molar refractivity (Wildman–Crippen MR) is 130 cm³/mol. The summed E-state index contributed by atoms with van der Waals surface area (Å²) in [6.45, 7) is 9.08. The highest BCUT2D eigenvalue weighted by molar-refractivity contribution is 5.84. The average Bonchev–Trinajstić information content (AvgIpc) is 2.76. The fourth-order valence-electron chi connectivity index (χ4n) is 3.46. The molecule has 0 unspecified atom stereocenters. The molecule has 0 bridgehead atoms. The molecule has 0 aromatic heterocycles. The van der Waals surface area contributed by atoms with E-state index in [1.807, 2.05) is 0 Å². The van der Waals surface area contributed by atoms with Crippen LogP contribution in [0.25, 0.3) is 0 Å². The van der Waals surface area contributed by atoms with E-state index in [1.165, 1.54) is 0 Å². The van der Waals surface area contributed by atoms with Gasteiger partial charge in [0, 0.05) is 34.6 Å². The third-order valence-electron chi connectivity index (χ3n) is 4.71. The highest BCUT2D eigenvalue weighted by Crippen LogP contribution is 2.28. The smallest absolute Gasteiger partial charge is 0.407 e. The van der Waals surface area contributed by atoms with Gasteiger partial charge in [-0.1, -0.05) is 0 Å². The molecular formula is C24H36N2O14. The molecule has 0 aliphatic carbocycles. The van der Waals surface area contributed by atoms with Crippen LogP contribution >= 0.6 is 0 Å². The van der Waals surface area contributed by atoms with Crippen LogP contribution in [0.2, 0.25) is 0 Å². The van der Waals surface area contributed by atoms with Gasteiger partial charge >= 0.3 is 35.9 Å². The number of hydrogen-bond acceptors (Lipinski definition) is 14. The third kappa shape index (κ3) is 12.3. The van der Waals surface area contributed by atoms with Crippen molar-refractivity contribution in [1.29, 1.82) is 0 Å². The van der Waals surface area contributed by atoms with Crippen LogP contribution in [0.3, 0.4) is 0 Å². The van der Waals surface area contributed by atoms with Crippen LogP contribution in [-0.2, 0) is 61.9 Å². The van der Waals surface area contributed by atoms with Gasteiger partial charge in [0.2, 0.25) is 0 Å². The van der Waals surface area contributed by atoms with Crippen LogP contribution in [-0.4, -0.2) is 97.3 Å². The van der Waals surface area contributed by atoms with E-state index in [2.05, 4.69) is 10.6 Å². The SMILES string of the molecule is CC(=O)OC[C@H]1O[C@@H](NC(=O)[C@H](CNC(=O)OC(C)(C)C)OC(C)=O)[C@H](OC(C)=O)[C@@H](OC(C)=O)[C@@H]1OC(C)=O. The van der Waals surface area contributed by atoms with E-state index in [-0.39, 0.29) is 0 Å². The number of nitrogens with one attached hydrogen (secondary N) is 2. The largest absolute Gasteiger partial charge is 0.463 e. The minimum Gasteiger partial charge on any atom is -0.463 e. The molecule has 1 aliphatic rings. The molecule has 1 saturated heterocycles. The molecule has 6 atom stereocenters. The normalized spacial score (nSPS) is 22.9. The van der Waals surface area contributed by atoms with E-state index in [4.69, 9.17) is 33.2 Å². The van der Waals surface area contributed by atoms with Crippen molar-refractivity contribution >= 4 is 41.8 Å². The lowest BCUT2D eigenvalue weighted by Crippen LogP contribution is -2.67. The summed E-state index contributed by atoms with van der Waals surface area (Å²) < 4.78 is 36.7. The first-order chi connectivity index (χ1) is 18.4. The lowest BCUT2D eigenvalue weighted by Gasteiger charge is -2.44. The molecule has 40 heavy (non-hydrogen) atoms. The Kier molecular flexibility index (Phi) is 12.8. The molecule has 2 N–H and O–H groups in total. The topological polar surface area (TPSA) is 208 Å². The number of esters is 5. The number of ether oxygens (including phenoxy) is 7. The van der Waals surface area contributed by atoms with Crippen molar-refractivity contribution in [2.24, 2.45) is 0 Å². The maximum atomic E-state index is 13.2. The molecule has 2 amide bonds. The molecule has 0 radical (unpaired) electrons. The summed E-state index contributed by atoms with van der Waals surface area (Å²) in [5.74, 6) is -5.18. The van der Waals surface area contributed by atoms with Crippen LogP contribution in [0.15, 0.2) is 0 Å². The van der Waals surface area contributed by atoms with E-state index in [1.54, 1.807) is 20.8 Å². The Labute approximate surface area is 230 Å². The first kappa shape index (κ1) is 34.1. The summed E-state index contributed by atoms with van der Waals surface area (Å²) in [5, 5.41) is 4.67. The molecule has 0 saturated carbocycles. The highest BCUT2D eigenvalue weighted by atomic mass is 16.7. The molecule has 1 heterocycles. The predicted octanol–water partition coefficient (Wildman–Crippen LogP) is -0.358. The van der Waals surface area contributed by atoms with Crippen LogP contribution in [0.5, 0.6) is 0 Å². The van der Waals surface area contributed by atoms with Crippen LogP contribution in [0.4, 0.5) is 4.79 Å². The summed E-state index contributed by atoms with van der Waals surface area (Å²) in [6.07, 6.45) is -9.98. The minimum absolute atomic E-state index is 0.516.